The fraction of sp³-hybridized carbons (Fsp3) is 0.375. The first-order chi connectivity index (χ1) is 9.88. The van der Waals surface area contributed by atoms with Crippen molar-refractivity contribution in [1.29, 1.82) is 0 Å². The van der Waals surface area contributed by atoms with Crippen molar-refractivity contribution in [1.82, 2.24) is 9.97 Å². The average molecular weight is 351 g/mol. The Labute approximate surface area is 133 Å². The zero-order chi connectivity index (χ0) is 15.5. The van der Waals surface area contributed by atoms with Crippen molar-refractivity contribution < 1.29 is 9.47 Å². The van der Waals surface area contributed by atoms with Crippen LogP contribution in [0.3, 0.4) is 0 Å². The second-order valence-electron chi connectivity index (χ2n) is 5.74. The zero-order valence-electron chi connectivity index (χ0n) is 12.7. The number of hydrogen-bond acceptors (Lipinski definition) is 4. The minimum atomic E-state index is -0.123. The molecule has 112 valence electrons. The van der Waals surface area contributed by atoms with Gasteiger partial charge in [0.1, 0.15) is 22.8 Å². The summed E-state index contributed by atoms with van der Waals surface area (Å²) >= 11 is 3.40. The third kappa shape index (κ3) is 4.43. The van der Waals surface area contributed by atoms with Gasteiger partial charge in [0, 0.05) is 11.5 Å². The monoisotopic (exact) mass is 350 g/mol. The number of nitrogens with zero attached hydrogens (tertiary/aromatic N) is 2. The number of hydrogen-bond donors (Lipinski definition) is 0. The molecule has 4 nitrogen and oxygen atoms in total. The molecule has 0 fully saturated rings. The molecule has 0 unspecified atom stereocenters. The minimum Gasteiger partial charge on any atom is -0.497 e. The van der Waals surface area contributed by atoms with E-state index >= 15 is 0 Å². The Morgan fingerprint density at radius 1 is 1.10 bits per heavy atom. The lowest BCUT2D eigenvalue weighted by molar-refractivity contribution is 0.289. The number of rotatable bonds is 4. The summed E-state index contributed by atoms with van der Waals surface area (Å²) < 4.78 is 11.6. The van der Waals surface area contributed by atoms with Gasteiger partial charge in [0.15, 0.2) is 0 Å². The average Bonchev–Trinajstić information content (AvgIpc) is 2.44. The maximum Gasteiger partial charge on any atom is 0.218 e. The lowest BCUT2D eigenvalue weighted by Crippen LogP contribution is -2.16. The van der Waals surface area contributed by atoms with Gasteiger partial charge in [-0.2, -0.15) is 4.98 Å². The molecule has 0 aliphatic heterocycles. The Hall–Kier alpha value is -1.62. The Kier molecular flexibility index (Phi) is 4.83. The van der Waals surface area contributed by atoms with Crippen LogP contribution in [0.1, 0.15) is 32.2 Å². The van der Waals surface area contributed by atoms with Crippen molar-refractivity contribution in [3.05, 3.63) is 46.3 Å². The molecule has 0 radical (unpaired) electrons. The van der Waals surface area contributed by atoms with Crippen LogP contribution < -0.4 is 9.47 Å². The topological polar surface area (TPSA) is 44.2 Å². The third-order valence-electron chi connectivity index (χ3n) is 2.89. The van der Waals surface area contributed by atoms with E-state index in [2.05, 4.69) is 46.7 Å². The molecule has 0 N–H and O–H groups in total. The van der Waals surface area contributed by atoms with Gasteiger partial charge in [-0.05, 0) is 33.6 Å². The molecule has 5 heteroatoms. The maximum absolute atomic E-state index is 5.76. The van der Waals surface area contributed by atoms with Gasteiger partial charge >= 0.3 is 0 Å². The van der Waals surface area contributed by atoms with Crippen LogP contribution in [0.2, 0.25) is 0 Å². The summed E-state index contributed by atoms with van der Waals surface area (Å²) in [5, 5.41) is 0. The fourth-order valence-corrected chi connectivity index (χ4v) is 2.05. The van der Waals surface area contributed by atoms with E-state index in [1.54, 1.807) is 13.2 Å². The highest BCUT2D eigenvalue weighted by atomic mass is 79.9. The molecule has 0 amide bonds. The van der Waals surface area contributed by atoms with E-state index in [0.717, 1.165) is 21.7 Å². The van der Waals surface area contributed by atoms with Crippen LogP contribution in [0.25, 0.3) is 0 Å². The fourth-order valence-electron chi connectivity index (χ4n) is 1.69. The molecule has 0 bridgehead atoms. The number of halogens is 1. The quantitative estimate of drug-likeness (QED) is 0.777. The number of benzene rings is 1. The number of methoxy groups -OCH3 is 1. The van der Waals surface area contributed by atoms with Gasteiger partial charge < -0.3 is 9.47 Å². The molecule has 0 aliphatic carbocycles. The summed E-state index contributed by atoms with van der Waals surface area (Å²) in [6, 6.07) is 9.54. The highest BCUT2D eigenvalue weighted by Crippen LogP contribution is 2.24. The summed E-state index contributed by atoms with van der Waals surface area (Å²) in [4.78, 5) is 8.86. The van der Waals surface area contributed by atoms with Crippen molar-refractivity contribution in [3.8, 4) is 11.6 Å². The number of aromatic nitrogens is 2. The van der Waals surface area contributed by atoms with Crippen molar-refractivity contribution in [2.24, 2.45) is 0 Å². The van der Waals surface area contributed by atoms with E-state index in [-0.39, 0.29) is 5.41 Å². The van der Waals surface area contributed by atoms with Crippen molar-refractivity contribution in [3.63, 3.8) is 0 Å². The molecule has 0 aliphatic rings. The van der Waals surface area contributed by atoms with Crippen LogP contribution in [-0.2, 0) is 12.0 Å². The van der Waals surface area contributed by atoms with Gasteiger partial charge in [0.2, 0.25) is 5.88 Å². The molecular weight excluding hydrogens is 332 g/mol. The first kappa shape index (κ1) is 15.8. The van der Waals surface area contributed by atoms with E-state index < -0.39 is 0 Å². The molecular formula is C16H19BrN2O2. The Balaban J connectivity index is 2.10. The molecule has 1 aromatic heterocycles. The van der Waals surface area contributed by atoms with Crippen molar-refractivity contribution in [2.45, 2.75) is 32.8 Å². The van der Waals surface area contributed by atoms with Gasteiger partial charge in [-0.15, -0.1) is 0 Å². The first-order valence-corrected chi connectivity index (χ1v) is 7.48. The minimum absolute atomic E-state index is 0.123. The Morgan fingerprint density at radius 2 is 1.76 bits per heavy atom. The van der Waals surface area contributed by atoms with E-state index in [0.29, 0.717) is 12.5 Å². The van der Waals surface area contributed by atoms with Gasteiger partial charge in [-0.25, -0.2) is 4.98 Å². The van der Waals surface area contributed by atoms with E-state index in [9.17, 15) is 0 Å². The summed E-state index contributed by atoms with van der Waals surface area (Å²) in [5.41, 5.74) is 0.935. The van der Waals surface area contributed by atoms with Gasteiger partial charge in [-0.1, -0.05) is 32.9 Å². The molecule has 0 spiro atoms. The van der Waals surface area contributed by atoms with Crippen LogP contribution in [0.15, 0.2) is 34.9 Å². The predicted octanol–water partition coefficient (Wildman–Crippen LogP) is 4.12. The van der Waals surface area contributed by atoms with Crippen LogP contribution in [-0.4, -0.2) is 17.1 Å². The zero-order valence-corrected chi connectivity index (χ0v) is 14.3. The molecule has 2 aromatic rings. The lowest BCUT2D eigenvalue weighted by atomic mass is 9.96. The maximum atomic E-state index is 5.76. The lowest BCUT2D eigenvalue weighted by Gasteiger charge is -2.17. The molecule has 0 atom stereocenters. The van der Waals surface area contributed by atoms with Crippen LogP contribution in [0, 0.1) is 0 Å². The summed E-state index contributed by atoms with van der Waals surface area (Å²) in [5.74, 6) is 2.15. The molecule has 21 heavy (non-hydrogen) atoms. The first-order valence-electron chi connectivity index (χ1n) is 6.69. The van der Waals surface area contributed by atoms with Crippen LogP contribution in [0.5, 0.6) is 11.6 Å². The normalized spacial score (nSPS) is 11.3. The van der Waals surface area contributed by atoms with E-state index in [4.69, 9.17) is 9.47 Å². The summed E-state index contributed by atoms with van der Waals surface area (Å²) in [6.07, 6.45) is 0. The summed E-state index contributed by atoms with van der Waals surface area (Å²) in [7, 11) is 1.65. The van der Waals surface area contributed by atoms with Crippen molar-refractivity contribution in [2.75, 3.05) is 7.11 Å². The van der Waals surface area contributed by atoms with Gasteiger partial charge in [-0.3, -0.25) is 0 Å². The standard InChI is InChI=1S/C16H19BrN2O2/c1-16(2,3)15-18-13(17)9-14(19-15)21-10-11-5-7-12(20-4)8-6-11/h5-9H,10H2,1-4H3. The predicted molar refractivity (Wildman–Crippen MR) is 85.8 cm³/mol. The summed E-state index contributed by atoms with van der Waals surface area (Å²) in [6.45, 7) is 6.67. The van der Waals surface area contributed by atoms with Gasteiger partial charge in [0.05, 0.1) is 7.11 Å². The molecule has 2 rings (SSSR count). The Morgan fingerprint density at radius 3 is 2.33 bits per heavy atom. The van der Waals surface area contributed by atoms with E-state index in [1.165, 1.54) is 0 Å². The third-order valence-corrected chi connectivity index (χ3v) is 3.29. The van der Waals surface area contributed by atoms with Crippen LogP contribution in [0.4, 0.5) is 0 Å². The highest BCUT2D eigenvalue weighted by molar-refractivity contribution is 9.10. The molecule has 1 heterocycles. The smallest absolute Gasteiger partial charge is 0.218 e. The molecule has 0 saturated carbocycles. The van der Waals surface area contributed by atoms with E-state index in [1.807, 2.05) is 24.3 Å². The highest BCUT2D eigenvalue weighted by Gasteiger charge is 2.19. The second kappa shape index (κ2) is 6.43. The van der Waals surface area contributed by atoms with Crippen molar-refractivity contribution >= 4 is 15.9 Å². The second-order valence-corrected chi connectivity index (χ2v) is 6.55. The largest absolute Gasteiger partial charge is 0.497 e. The van der Waals surface area contributed by atoms with Gasteiger partial charge in [0.25, 0.3) is 0 Å². The molecule has 0 saturated heterocycles. The SMILES string of the molecule is COc1ccc(COc2cc(Br)nc(C(C)(C)C)n2)cc1. The molecule has 1 aromatic carbocycles. The number of ether oxygens (including phenoxy) is 2. The Bertz CT molecular complexity index is 607. The van der Waals surface area contributed by atoms with Crippen LogP contribution >= 0.6 is 15.9 Å².